The zero-order valence-electron chi connectivity index (χ0n) is 9.56. The molecular weight excluding hydrogens is 204 g/mol. The van der Waals surface area contributed by atoms with Gasteiger partial charge in [-0.3, -0.25) is 0 Å². The van der Waals surface area contributed by atoms with E-state index in [1.807, 2.05) is 37.3 Å². The molecule has 0 radical (unpaired) electrons. The SMILES string of the molecule is CCOC(=O)N/N=C(/CC)c1ccccc1. The van der Waals surface area contributed by atoms with Crippen LogP contribution in [0.25, 0.3) is 0 Å². The summed E-state index contributed by atoms with van der Waals surface area (Å²) in [5.41, 5.74) is 4.19. The number of hydrogen-bond donors (Lipinski definition) is 1. The summed E-state index contributed by atoms with van der Waals surface area (Å²) in [5, 5.41) is 4.02. The number of nitrogens with one attached hydrogen (secondary N) is 1. The van der Waals surface area contributed by atoms with Gasteiger partial charge in [0.05, 0.1) is 12.3 Å². The molecule has 0 unspecified atom stereocenters. The van der Waals surface area contributed by atoms with Gasteiger partial charge in [0, 0.05) is 0 Å². The Morgan fingerprint density at radius 3 is 2.56 bits per heavy atom. The third kappa shape index (κ3) is 3.73. The number of nitrogens with zero attached hydrogens (tertiary/aromatic N) is 1. The summed E-state index contributed by atoms with van der Waals surface area (Å²) in [6, 6.07) is 9.72. The zero-order valence-corrected chi connectivity index (χ0v) is 9.56. The van der Waals surface area contributed by atoms with E-state index in [0.717, 1.165) is 17.7 Å². The Labute approximate surface area is 95.3 Å². The van der Waals surface area contributed by atoms with Crippen LogP contribution in [0.1, 0.15) is 25.8 Å². The van der Waals surface area contributed by atoms with E-state index < -0.39 is 6.09 Å². The van der Waals surface area contributed by atoms with Crippen molar-refractivity contribution in [2.45, 2.75) is 20.3 Å². The molecule has 0 fully saturated rings. The van der Waals surface area contributed by atoms with Crippen molar-refractivity contribution in [3.63, 3.8) is 0 Å². The number of carbonyl (C=O) groups is 1. The van der Waals surface area contributed by atoms with Crippen LogP contribution in [-0.2, 0) is 4.74 Å². The average molecular weight is 220 g/mol. The minimum Gasteiger partial charge on any atom is -0.449 e. The Morgan fingerprint density at radius 1 is 1.31 bits per heavy atom. The number of carbonyl (C=O) groups excluding carboxylic acids is 1. The summed E-state index contributed by atoms with van der Waals surface area (Å²) in [6.45, 7) is 4.08. The maximum atomic E-state index is 11.1. The normalized spacial score (nSPS) is 11.0. The van der Waals surface area contributed by atoms with Gasteiger partial charge in [-0.2, -0.15) is 5.10 Å². The summed E-state index contributed by atoms with van der Waals surface area (Å²) >= 11 is 0. The van der Waals surface area contributed by atoms with Crippen LogP contribution in [0.2, 0.25) is 0 Å². The van der Waals surface area contributed by atoms with Crippen LogP contribution < -0.4 is 5.43 Å². The number of amides is 1. The van der Waals surface area contributed by atoms with Gasteiger partial charge in [-0.25, -0.2) is 10.2 Å². The van der Waals surface area contributed by atoms with Gasteiger partial charge >= 0.3 is 6.09 Å². The van der Waals surface area contributed by atoms with Gasteiger partial charge < -0.3 is 4.74 Å². The van der Waals surface area contributed by atoms with Crippen LogP contribution in [0.3, 0.4) is 0 Å². The van der Waals surface area contributed by atoms with Crippen molar-refractivity contribution >= 4 is 11.8 Å². The molecule has 4 nitrogen and oxygen atoms in total. The summed E-state index contributed by atoms with van der Waals surface area (Å²) < 4.78 is 4.72. The summed E-state index contributed by atoms with van der Waals surface area (Å²) in [7, 11) is 0. The van der Waals surface area contributed by atoms with Gasteiger partial charge in [-0.1, -0.05) is 37.3 Å². The molecule has 1 rings (SSSR count). The molecule has 0 bridgehead atoms. The van der Waals surface area contributed by atoms with E-state index in [4.69, 9.17) is 4.74 Å². The summed E-state index contributed by atoms with van der Waals surface area (Å²) in [4.78, 5) is 11.1. The summed E-state index contributed by atoms with van der Waals surface area (Å²) in [6.07, 6.45) is 0.223. The van der Waals surface area contributed by atoms with Gasteiger partial charge in [-0.15, -0.1) is 0 Å². The second-order valence-electron chi connectivity index (χ2n) is 3.11. The summed E-state index contributed by atoms with van der Waals surface area (Å²) in [5.74, 6) is 0. The molecule has 0 atom stereocenters. The lowest BCUT2D eigenvalue weighted by Gasteiger charge is -2.04. The van der Waals surface area contributed by atoms with Crippen LogP contribution in [0.15, 0.2) is 35.4 Å². The molecule has 0 aromatic heterocycles. The molecule has 1 N–H and O–H groups in total. The van der Waals surface area contributed by atoms with E-state index in [-0.39, 0.29) is 0 Å². The topological polar surface area (TPSA) is 50.7 Å². The second-order valence-corrected chi connectivity index (χ2v) is 3.11. The first-order valence-electron chi connectivity index (χ1n) is 5.32. The monoisotopic (exact) mass is 220 g/mol. The van der Waals surface area contributed by atoms with Crippen LogP contribution in [0.4, 0.5) is 4.79 Å². The number of benzene rings is 1. The fraction of sp³-hybridized carbons (Fsp3) is 0.333. The van der Waals surface area contributed by atoms with Crippen molar-refractivity contribution in [3.05, 3.63) is 35.9 Å². The van der Waals surface area contributed by atoms with Gasteiger partial charge in [-0.05, 0) is 18.9 Å². The molecule has 0 aliphatic carbocycles. The molecule has 1 amide bonds. The Bertz CT molecular complexity index is 361. The van der Waals surface area contributed by atoms with E-state index in [1.54, 1.807) is 6.92 Å². The first-order valence-corrected chi connectivity index (χ1v) is 5.32. The highest BCUT2D eigenvalue weighted by Crippen LogP contribution is 2.03. The number of hydrogen-bond acceptors (Lipinski definition) is 3. The molecule has 0 spiro atoms. The van der Waals surface area contributed by atoms with E-state index >= 15 is 0 Å². The van der Waals surface area contributed by atoms with Gasteiger partial charge in [0.25, 0.3) is 0 Å². The van der Waals surface area contributed by atoms with Crippen LogP contribution in [0.5, 0.6) is 0 Å². The van der Waals surface area contributed by atoms with E-state index in [0.29, 0.717) is 6.61 Å². The van der Waals surface area contributed by atoms with Crippen molar-refractivity contribution in [1.29, 1.82) is 0 Å². The maximum absolute atomic E-state index is 11.1. The second kappa shape index (κ2) is 6.61. The van der Waals surface area contributed by atoms with E-state index in [1.165, 1.54) is 0 Å². The Balaban J connectivity index is 2.68. The van der Waals surface area contributed by atoms with Crippen LogP contribution >= 0.6 is 0 Å². The Morgan fingerprint density at radius 2 is 2.00 bits per heavy atom. The van der Waals surface area contributed by atoms with Crippen molar-refractivity contribution in [2.24, 2.45) is 5.10 Å². The van der Waals surface area contributed by atoms with Crippen LogP contribution in [0, 0.1) is 0 Å². The number of ether oxygens (including phenoxy) is 1. The van der Waals surface area contributed by atoms with Gasteiger partial charge in [0.15, 0.2) is 0 Å². The molecule has 0 aliphatic heterocycles. The number of rotatable bonds is 4. The van der Waals surface area contributed by atoms with Crippen molar-refractivity contribution in [3.8, 4) is 0 Å². The molecule has 1 aromatic rings. The third-order valence-corrected chi connectivity index (χ3v) is 2.00. The molecule has 0 saturated heterocycles. The molecule has 0 heterocycles. The molecular formula is C12H16N2O2. The highest BCUT2D eigenvalue weighted by molar-refractivity contribution is 6.00. The highest BCUT2D eigenvalue weighted by Gasteiger charge is 2.02. The smallest absolute Gasteiger partial charge is 0.427 e. The number of hydrazone groups is 1. The fourth-order valence-corrected chi connectivity index (χ4v) is 1.25. The molecule has 0 saturated carbocycles. The molecule has 1 aromatic carbocycles. The lowest BCUT2D eigenvalue weighted by molar-refractivity contribution is 0.152. The standard InChI is InChI=1S/C12H16N2O2/c1-3-11(10-8-6-5-7-9-10)13-14-12(15)16-4-2/h5-9H,3-4H2,1-2H3,(H,14,15)/b13-11-. The lowest BCUT2D eigenvalue weighted by Crippen LogP contribution is -2.20. The van der Waals surface area contributed by atoms with Crippen molar-refractivity contribution in [1.82, 2.24) is 5.43 Å². The largest absolute Gasteiger partial charge is 0.449 e. The van der Waals surface area contributed by atoms with Crippen molar-refractivity contribution in [2.75, 3.05) is 6.61 Å². The third-order valence-electron chi connectivity index (χ3n) is 2.00. The predicted molar refractivity (Wildman–Crippen MR) is 63.4 cm³/mol. The first-order chi connectivity index (χ1) is 7.77. The average Bonchev–Trinajstić information content (AvgIpc) is 2.31. The van der Waals surface area contributed by atoms with Crippen molar-refractivity contribution < 1.29 is 9.53 Å². The minimum atomic E-state index is -0.524. The predicted octanol–water partition coefficient (Wildman–Crippen LogP) is 2.55. The Hall–Kier alpha value is -1.84. The minimum absolute atomic E-state index is 0.341. The maximum Gasteiger partial charge on any atom is 0.427 e. The first kappa shape index (κ1) is 12.2. The fourth-order valence-electron chi connectivity index (χ4n) is 1.25. The quantitative estimate of drug-likeness (QED) is 0.626. The zero-order chi connectivity index (χ0) is 11.8. The highest BCUT2D eigenvalue weighted by atomic mass is 16.5. The van der Waals surface area contributed by atoms with Crippen LogP contribution in [-0.4, -0.2) is 18.4 Å². The van der Waals surface area contributed by atoms with Gasteiger partial charge in [0.2, 0.25) is 0 Å². The molecule has 16 heavy (non-hydrogen) atoms. The van der Waals surface area contributed by atoms with E-state index in [2.05, 4.69) is 10.5 Å². The molecule has 4 heteroatoms. The van der Waals surface area contributed by atoms with Gasteiger partial charge in [0.1, 0.15) is 0 Å². The van der Waals surface area contributed by atoms with E-state index in [9.17, 15) is 4.79 Å². The molecule has 0 aliphatic rings. The lowest BCUT2D eigenvalue weighted by atomic mass is 10.1. The Kier molecular flexibility index (Phi) is 5.05. The molecule has 86 valence electrons.